The maximum absolute atomic E-state index is 12.2. The van der Waals surface area contributed by atoms with E-state index in [0.29, 0.717) is 12.2 Å². The summed E-state index contributed by atoms with van der Waals surface area (Å²) in [6.45, 7) is 0.386. The summed E-state index contributed by atoms with van der Waals surface area (Å²) in [7, 11) is 1.58. The number of rotatable bonds is 4. The van der Waals surface area contributed by atoms with Crippen molar-refractivity contribution in [3.8, 4) is 5.69 Å². The highest BCUT2D eigenvalue weighted by molar-refractivity contribution is 6.39. The zero-order chi connectivity index (χ0) is 17.8. The lowest BCUT2D eigenvalue weighted by Crippen LogP contribution is -2.40. The predicted molar refractivity (Wildman–Crippen MR) is 93.2 cm³/mol. The normalized spacial score (nSPS) is 19.6. The minimum absolute atomic E-state index is 0.0441. The highest BCUT2D eigenvalue weighted by Crippen LogP contribution is 2.26. The summed E-state index contributed by atoms with van der Waals surface area (Å²) in [6.07, 6.45) is 5.36. The molecule has 1 aromatic carbocycles. The van der Waals surface area contributed by atoms with Gasteiger partial charge in [-0.1, -0.05) is 24.6 Å². The van der Waals surface area contributed by atoms with Gasteiger partial charge in [0.2, 0.25) is 0 Å². The number of aromatic nitrogens is 2. The fourth-order valence-electron chi connectivity index (χ4n) is 3.13. The first-order valence-electron chi connectivity index (χ1n) is 8.39. The molecular weight excluding hydrogens is 320 g/mol. The van der Waals surface area contributed by atoms with Gasteiger partial charge in [-0.3, -0.25) is 9.59 Å². The van der Waals surface area contributed by atoms with Crippen LogP contribution in [0.25, 0.3) is 5.69 Å². The van der Waals surface area contributed by atoms with Crippen LogP contribution in [0.2, 0.25) is 0 Å². The van der Waals surface area contributed by atoms with Crippen molar-refractivity contribution in [3.05, 3.63) is 42.7 Å². The van der Waals surface area contributed by atoms with Gasteiger partial charge in [-0.25, -0.2) is 4.68 Å². The molecule has 1 aliphatic carbocycles. The molecule has 0 radical (unpaired) electrons. The average Bonchev–Trinajstić information content (AvgIpc) is 3.24. The quantitative estimate of drug-likeness (QED) is 0.823. The lowest BCUT2D eigenvalue weighted by Gasteiger charge is -2.22. The smallest absolute Gasteiger partial charge is 0.313 e. The largest absolute Gasteiger partial charge is 0.393 e. The van der Waals surface area contributed by atoms with E-state index in [1.807, 2.05) is 30.3 Å². The Labute approximate surface area is 146 Å². The summed E-state index contributed by atoms with van der Waals surface area (Å²) in [5.74, 6) is -1.28. The first-order valence-corrected chi connectivity index (χ1v) is 8.39. The van der Waals surface area contributed by atoms with Crippen LogP contribution in [-0.2, 0) is 9.59 Å². The summed E-state index contributed by atoms with van der Waals surface area (Å²) < 4.78 is 1.62. The molecule has 1 aromatic heterocycles. The number of nitrogens with zero attached hydrogens (tertiary/aromatic N) is 3. The second-order valence-corrected chi connectivity index (χ2v) is 6.41. The van der Waals surface area contributed by atoms with Crippen LogP contribution in [-0.4, -0.2) is 51.3 Å². The molecule has 132 valence electrons. The van der Waals surface area contributed by atoms with Gasteiger partial charge in [-0.15, -0.1) is 0 Å². The molecule has 2 amide bonds. The summed E-state index contributed by atoms with van der Waals surface area (Å²) in [4.78, 5) is 25.7. The van der Waals surface area contributed by atoms with Gasteiger partial charge in [0.15, 0.2) is 0 Å². The first kappa shape index (κ1) is 17.2. The van der Waals surface area contributed by atoms with Crippen LogP contribution in [0.5, 0.6) is 0 Å². The van der Waals surface area contributed by atoms with Crippen LogP contribution in [0.3, 0.4) is 0 Å². The molecule has 1 saturated carbocycles. The summed E-state index contributed by atoms with van der Waals surface area (Å²) in [5.41, 5.74) is 1.32. The van der Waals surface area contributed by atoms with E-state index in [9.17, 15) is 14.7 Å². The molecule has 0 aliphatic heterocycles. The second kappa shape index (κ2) is 7.48. The van der Waals surface area contributed by atoms with Crippen LogP contribution in [0, 0.1) is 5.92 Å². The van der Waals surface area contributed by atoms with Crippen LogP contribution in [0.1, 0.15) is 19.3 Å². The Morgan fingerprint density at radius 2 is 2.08 bits per heavy atom. The minimum atomic E-state index is -0.706. The highest BCUT2D eigenvalue weighted by atomic mass is 16.3. The number of aliphatic hydroxyl groups is 1. The fraction of sp³-hybridized carbons (Fsp3) is 0.389. The number of benzene rings is 1. The lowest BCUT2D eigenvalue weighted by molar-refractivity contribution is -0.142. The number of hydrogen-bond acceptors (Lipinski definition) is 4. The number of aliphatic hydroxyl groups excluding tert-OH is 1. The molecule has 2 atom stereocenters. The van der Waals surface area contributed by atoms with Gasteiger partial charge in [0, 0.05) is 19.5 Å². The molecule has 7 nitrogen and oxygen atoms in total. The summed E-state index contributed by atoms with van der Waals surface area (Å²) in [5, 5.41) is 16.6. The van der Waals surface area contributed by atoms with E-state index >= 15 is 0 Å². The molecule has 7 heteroatoms. The highest BCUT2D eigenvalue weighted by Gasteiger charge is 2.29. The third-order valence-corrected chi connectivity index (χ3v) is 4.53. The van der Waals surface area contributed by atoms with Crippen LogP contribution < -0.4 is 5.32 Å². The number of anilines is 1. The zero-order valence-electron chi connectivity index (χ0n) is 14.1. The average molecular weight is 342 g/mol. The maximum Gasteiger partial charge on any atom is 0.313 e. The minimum Gasteiger partial charge on any atom is -0.393 e. The van der Waals surface area contributed by atoms with Gasteiger partial charge < -0.3 is 15.3 Å². The van der Waals surface area contributed by atoms with Gasteiger partial charge >= 0.3 is 11.8 Å². The molecule has 0 spiro atoms. The Kier molecular flexibility index (Phi) is 5.14. The Morgan fingerprint density at radius 1 is 1.32 bits per heavy atom. The molecule has 3 rings (SSSR count). The third kappa shape index (κ3) is 4.06. The molecular formula is C18H22N4O3. The topological polar surface area (TPSA) is 87.5 Å². The lowest BCUT2D eigenvalue weighted by atomic mass is 10.1. The monoisotopic (exact) mass is 342 g/mol. The Hall–Kier alpha value is -2.67. The molecule has 2 aromatic rings. The molecule has 1 aliphatic rings. The van der Waals surface area contributed by atoms with Crippen molar-refractivity contribution in [3.63, 3.8) is 0 Å². The second-order valence-electron chi connectivity index (χ2n) is 6.41. The van der Waals surface area contributed by atoms with Crippen LogP contribution in [0.15, 0.2) is 42.7 Å². The van der Waals surface area contributed by atoms with Gasteiger partial charge in [-0.05, 0) is 25.0 Å². The third-order valence-electron chi connectivity index (χ3n) is 4.53. The van der Waals surface area contributed by atoms with Gasteiger partial charge in [0.25, 0.3) is 0 Å². The van der Waals surface area contributed by atoms with Crippen molar-refractivity contribution in [1.29, 1.82) is 0 Å². The van der Waals surface area contributed by atoms with E-state index < -0.39 is 11.8 Å². The van der Waals surface area contributed by atoms with E-state index in [-0.39, 0.29) is 12.0 Å². The summed E-state index contributed by atoms with van der Waals surface area (Å²) >= 11 is 0. The summed E-state index contributed by atoms with van der Waals surface area (Å²) in [6, 6.07) is 9.48. The number of likely N-dealkylation sites (N-methyl/N-ethyl adjacent to an activating group) is 1. The van der Waals surface area contributed by atoms with Crippen LogP contribution >= 0.6 is 0 Å². The Balaban J connectivity index is 1.58. The van der Waals surface area contributed by atoms with E-state index in [2.05, 4.69) is 10.4 Å². The molecule has 0 bridgehead atoms. The Morgan fingerprint density at radius 3 is 2.76 bits per heavy atom. The van der Waals surface area contributed by atoms with Gasteiger partial charge in [0.05, 0.1) is 29.9 Å². The number of amides is 2. The zero-order valence-corrected chi connectivity index (χ0v) is 14.1. The maximum atomic E-state index is 12.2. The van der Waals surface area contributed by atoms with Crippen molar-refractivity contribution in [2.24, 2.45) is 5.92 Å². The van der Waals surface area contributed by atoms with E-state index in [1.54, 1.807) is 17.9 Å². The van der Waals surface area contributed by atoms with E-state index in [0.717, 1.165) is 24.9 Å². The molecule has 0 saturated heterocycles. The van der Waals surface area contributed by atoms with Crippen LogP contribution in [0.4, 0.5) is 5.69 Å². The van der Waals surface area contributed by atoms with E-state index in [4.69, 9.17) is 0 Å². The van der Waals surface area contributed by atoms with Crippen molar-refractivity contribution in [2.45, 2.75) is 25.4 Å². The number of para-hydroxylation sites is 1. The fourth-order valence-corrected chi connectivity index (χ4v) is 3.13. The number of hydrogen-bond donors (Lipinski definition) is 2. The first-order chi connectivity index (χ1) is 12.0. The SMILES string of the molecule is CN(CC1CCCC1O)C(=O)C(=O)Nc1cnn(-c2ccccc2)c1. The molecule has 1 heterocycles. The van der Waals surface area contributed by atoms with Gasteiger partial charge in [0.1, 0.15) is 0 Å². The van der Waals surface area contributed by atoms with Gasteiger partial charge in [-0.2, -0.15) is 5.10 Å². The molecule has 2 N–H and O–H groups in total. The molecule has 25 heavy (non-hydrogen) atoms. The standard InChI is InChI=1S/C18H22N4O3/c1-21(11-13-6-5-9-16(13)23)18(25)17(24)20-14-10-19-22(12-14)15-7-3-2-4-8-15/h2-4,7-8,10,12-13,16,23H,5-6,9,11H2,1H3,(H,20,24). The number of carbonyl (C=O) groups excluding carboxylic acids is 2. The Bertz CT molecular complexity index is 744. The number of nitrogens with one attached hydrogen (secondary N) is 1. The van der Waals surface area contributed by atoms with E-state index in [1.165, 1.54) is 11.1 Å². The van der Waals surface area contributed by atoms with Crippen molar-refractivity contribution >= 4 is 17.5 Å². The molecule has 1 fully saturated rings. The molecule has 2 unspecified atom stereocenters. The predicted octanol–water partition coefficient (Wildman–Crippen LogP) is 1.43. The van der Waals surface area contributed by atoms with Crippen molar-refractivity contribution in [2.75, 3.05) is 18.9 Å². The number of carbonyl (C=O) groups is 2. The van der Waals surface area contributed by atoms with Crippen molar-refractivity contribution < 1.29 is 14.7 Å². The van der Waals surface area contributed by atoms with Crippen molar-refractivity contribution in [1.82, 2.24) is 14.7 Å².